The molecule has 174 valence electrons. The maximum absolute atomic E-state index is 12.6. The van der Waals surface area contributed by atoms with Gasteiger partial charge in [-0.25, -0.2) is 0 Å². The molecule has 34 heavy (non-hydrogen) atoms. The number of H-pyrrole nitrogens is 1. The molecule has 0 aliphatic heterocycles. The molecule has 6 nitrogen and oxygen atoms in total. The van der Waals surface area contributed by atoms with E-state index >= 15 is 0 Å². The van der Waals surface area contributed by atoms with E-state index in [1.54, 1.807) is 18.6 Å². The Morgan fingerprint density at radius 1 is 0.853 bits per heavy atom. The Morgan fingerprint density at radius 2 is 1.50 bits per heavy atom. The molecule has 0 atom stereocenters. The molecule has 4 rings (SSSR count). The number of benzene rings is 2. The van der Waals surface area contributed by atoms with Gasteiger partial charge < -0.3 is 16.0 Å². The van der Waals surface area contributed by atoms with E-state index in [2.05, 4.69) is 15.3 Å². The monoisotopic (exact) mass is 474 g/mol. The summed E-state index contributed by atoms with van der Waals surface area (Å²) in [5, 5.41) is 2.94. The molecule has 0 unspecified atom stereocenters. The lowest BCUT2D eigenvalue weighted by molar-refractivity contribution is 0.0950. The van der Waals surface area contributed by atoms with Crippen LogP contribution in [0.1, 0.15) is 43.7 Å². The van der Waals surface area contributed by atoms with E-state index in [4.69, 9.17) is 5.73 Å². The number of nitrogens with two attached hydrogens (primary N) is 1. The molecule has 0 fully saturated rings. The smallest absolute Gasteiger partial charge is 0.253 e. The summed E-state index contributed by atoms with van der Waals surface area (Å²) >= 11 is 0. The van der Waals surface area contributed by atoms with Crippen LogP contribution in [0.2, 0.25) is 0 Å². The van der Waals surface area contributed by atoms with E-state index in [-0.39, 0.29) is 23.9 Å². The van der Waals surface area contributed by atoms with Gasteiger partial charge in [0.25, 0.3) is 11.5 Å². The largest absolute Gasteiger partial charge is 0.348 e. The standard InChI is InChI=1S/C27H26N4O2.ClH/c28-15-21-7-9-22(10-8-21)17-31-27(33)25-14-23(16-29-18-25)12-19-3-5-20(6-4-19)13-24-2-1-11-30-26(24)32;/h1-11,14,16,18H,12-13,15,17,28H2,(H,30,32)(H,31,33);1H. The number of aromatic amines is 1. The first-order chi connectivity index (χ1) is 16.1. The number of nitrogens with zero attached hydrogens (tertiary/aromatic N) is 1. The van der Waals surface area contributed by atoms with Gasteiger partial charge in [-0.1, -0.05) is 54.6 Å². The van der Waals surface area contributed by atoms with Crippen molar-refractivity contribution in [2.24, 2.45) is 5.73 Å². The highest BCUT2D eigenvalue weighted by Gasteiger charge is 2.08. The summed E-state index contributed by atoms with van der Waals surface area (Å²) in [6.07, 6.45) is 6.25. The Labute approximate surface area is 204 Å². The van der Waals surface area contributed by atoms with Crippen LogP contribution in [0.5, 0.6) is 0 Å². The van der Waals surface area contributed by atoms with Crippen LogP contribution in [0.4, 0.5) is 0 Å². The van der Waals surface area contributed by atoms with Crippen molar-refractivity contribution in [3.8, 4) is 0 Å². The molecule has 7 heteroatoms. The van der Waals surface area contributed by atoms with E-state index in [1.807, 2.05) is 66.7 Å². The van der Waals surface area contributed by atoms with Crippen LogP contribution in [0.3, 0.4) is 0 Å². The molecule has 0 saturated carbocycles. The molecular weight excluding hydrogens is 448 g/mol. The van der Waals surface area contributed by atoms with E-state index in [1.165, 1.54) is 0 Å². The highest BCUT2D eigenvalue weighted by Crippen LogP contribution is 2.14. The van der Waals surface area contributed by atoms with Crippen molar-refractivity contribution in [1.29, 1.82) is 0 Å². The molecule has 2 aromatic heterocycles. The third kappa shape index (κ3) is 6.63. The summed E-state index contributed by atoms with van der Waals surface area (Å²) in [5.74, 6) is -0.157. The van der Waals surface area contributed by atoms with Gasteiger partial charge in [0.15, 0.2) is 0 Å². The highest BCUT2D eigenvalue weighted by atomic mass is 35.5. The van der Waals surface area contributed by atoms with Crippen LogP contribution < -0.4 is 16.6 Å². The molecule has 2 aromatic carbocycles. The minimum atomic E-state index is -0.157. The normalized spacial score (nSPS) is 10.4. The SMILES string of the molecule is Cl.NCc1ccc(CNC(=O)c2cncc(Cc3ccc(Cc4ccc[nH]c4=O)cc3)c2)cc1. The van der Waals surface area contributed by atoms with Gasteiger partial charge in [0, 0.05) is 43.7 Å². The minimum Gasteiger partial charge on any atom is -0.348 e. The summed E-state index contributed by atoms with van der Waals surface area (Å²) in [7, 11) is 0. The number of halogens is 1. The molecule has 0 saturated heterocycles. The predicted octanol–water partition coefficient (Wildman–Crippen LogP) is 3.76. The second-order valence-corrected chi connectivity index (χ2v) is 7.98. The van der Waals surface area contributed by atoms with Gasteiger partial charge in [-0.05, 0) is 46.4 Å². The van der Waals surface area contributed by atoms with Crippen molar-refractivity contribution in [3.63, 3.8) is 0 Å². The van der Waals surface area contributed by atoms with Gasteiger partial charge in [-0.15, -0.1) is 12.4 Å². The zero-order chi connectivity index (χ0) is 23.0. The Bertz CT molecular complexity index is 1290. The van der Waals surface area contributed by atoms with Crippen LogP contribution >= 0.6 is 12.4 Å². The summed E-state index contributed by atoms with van der Waals surface area (Å²) < 4.78 is 0. The average Bonchev–Trinajstić information content (AvgIpc) is 2.85. The Morgan fingerprint density at radius 3 is 2.18 bits per heavy atom. The third-order valence-electron chi connectivity index (χ3n) is 5.49. The summed E-state index contributed by atoms with van der Waals surface area (Å²) in [6.45, 7) is 0.945. The van der Waals surface area contributed by atoms with E-state index in [0.717, 1.165) is 33.4 Å². The zero-order valence-corrected chi connectivity index (χ0v) is 19.5. The van der Waals surface area contributed by atoms with Crippen molar-refractivity contribution >= 4 is 18.3 Å². The number of hydrogen-bond acceptors (Lipinski definition) is 4. The quantitative estimate of drug-likeness (QED) is 0.362. The van der Waals surface area contributed by atoms with Crippen molar-refractivity contribution < 1.29 is 4.79 Å². The second kappa shape index (κ2) is 11.9. The molecule has 4 aromatic rings. The number of amides is 1. The Balaban J connectivity index is 0.00000324. The zero-order valence-electron chi connectivity index (χ0n) is 18.7. The maximum atomic E-state index is 12.6. The average molecular weight is 475 g/mol. The number of carbonyl (C=O) groups excluding carboxylic acids is 1. The summed E-state index contributed by atoms with van der Waals surface area (Å²) in [4.78, 5) is 31.4. The number of rotatable bonds is 8. The van der Waals surface area contributed by atoms with Gasteiger partial charge in [0.05, 0.1) is 5.56 Å². The van der Waals surface area contributed by atoms with E-state index in [0.29, 0.717) is 31.5 Å². The van der Waals surface area contributed by atoms with Crippen LogP contribution in [0, 0.1) is 0 Å². The lowest BCUT2D eigenvalue weighted by Gasteiger charge is -2.08. The molecule has 0 bridgehead atoms. The lowest BCUT2D eigenvalue weighted by atomic mass is 10.0. The first-order valence-electron chi connectivity index (χ1n) is 10.8. The van der Waals surface area contributed by atoms with Crippen LogP contribution in [-0.4, -0.2) is 15.9 Å². The fourth-order valence-corrected chi connectivity index (χ4v) is 3.61. The number of carbonyl (C=O) groups is 1. The van der Waals surface area contributed by atoms with Crippen LogP contribution in [0.15, 0.2) is 90.1 Å². The molecule has 0 spiro atoms. The number of hydrogen-bond donors (Lipinski definition) is 3. The number of nitrogens with one attached hydrogen (secondary N) is 2. The summed E-state index contributed by atoms with van der Waals surface area (Å²) in [6, 6.07) is 21.6. The highest BCUT2D eigenvalue weighted by molar-refractivity contribution is 5.94. The van der Waals surface area contributed by atoms with Gasteiger partial charge in [-0.3, -0.25) is 14.6 Å². The van der Waals surface area contributed by atoms with Crippen LogP contribution in [0.25, 0.3) is 0 Å². The second-order valence-electron chi connectivity index (χ2n) is 7.98. The predicted molar refractivity (Wildman–Crippen MR) is 136 cm³/mol. The van der Waals surface area contributed by atoms with Gasteiger partial charge in [-0.2, -0.15) is 0 Å². The maximum Gasteiger partial charge on any atom is 0.253 e. The lowest BCUT2D eigenvalue weighted by Crippen LogP contribution is -2.23. The Hall–Kier alpha value is -3.74. The van der Waals surface area contributed by atoms with Crippen LogP contribution in [-0.2, 0) is 25.9 Å². The number of aromatic nitrogens is 2. The molecule has 0 radical (unpaired) electrons. The third-order valence-corrected chi connectivity index (χ3v) is 5.49. The van der Waals surface area contributed by atoms with Gasteiger partial charge in [0.1, 0.15) is 0 Å². The topological polar surface area (TPSA) is 101 Å². The van der Waals surface area contributed by atoms with Gasteiger partial charge in [0.2, 0.25) is 0 Å². The van der Waals surface area contributed by atoms with Crippen molar-refractivity contribution in [3.05, 3.63) is 135 Å². The van der Waals surface area contributed by atoms with Gasteiger partial charge >= 0.3 is 0 Å². The summed E-state index contributed by atoms with van der Waals surface area (Å²) in [5.41, 5.74) is 12.1. The molecular formula is C27H27ClN4O2. The van der Waals surface area contributed by atoms with E-state index in [9.17, 15) is 9.59 Å². The number of pyridine rings is 2. The van der Waals surface area contributed by atoms with Crippen molar-refractivity contribution in [2.75, 3.05) is 0 Å². The molecule has 0 aliphatic carbocycles. The fraction of sp³-hybridized carbons (Fsp3) is 0.148. The minimum absolute atomic E-state index is 0. The molecule has 1 amide bonds. The van der Waals surface area contributed by atoms with E-state index < -0.39 is 0 Å². The molecule has 4 N–H and O–H groups in total. The van der Waals surface area contributed by atoms with Crippen molar-refractivity contribution in [1.82, 2.24) is 15.3 Å². The molecule has 2 heterocycles. The first-order valence-corrected chi connectivity index (χ1v) is 10.8. The fourth-order valence-electron chi connectivity index (χ4n) is 3.61. The molecule has 0 aliphatic rings. The van der Waals surface area contributed by atoms with Crippen molar-refractivity contribution in [2.45, 2.75) is 25.9 Å². The first kappa shape index (κ1) is 24.9. The Kier molecular flexibility index (Phi) is 8.73.